The van der Waals surface area contributed by atoms with Crippen molar-refractivity contribution in [1.29, 1.82) is 0 Å². The molecule has 1 N–H and O–H groups in total. The Balaban J connectivity index is 1.14. The molecular weight excluding hydrogens is 546 g/mol. The number of carbonyl (C=O) groups excluding carboxylic acids is 2. The van der Waals surface area contributed by atoms with E-state index < -0.39 is 15.9 Å². The summed E-state index contributed by atoms with van der Waals surface area (Å²) in [5.74, 6) is 0.847. The molecule has 1 aliphatic heterocycles. The number of piperazine rings is 1. The first kappa shape index (κ1) is 28.4. The van der Waals surface area contributed by atoms with Gasteiger partial charge < -0.3 is 4.90 Å². The zero-order valence-corrected chi connectivity index (χ0v) is 24.3. The van der Waals surface area contributed by atoms with Crippen molar-refractivity contribution in [3.63, 3.8) is 0 Å². The van der Waals surface area contributed by atoms with Crippen LogP contribution in [-0.4, -0.2) is 85.8 Å². The van der Waals surface area contributed by atoms with Crippen molar-refractivity contribution in [3.05, 3.63) is 64.7 Å². The second-order valence-corrected chi connectivity index (χ2v) is 11.9. The van der Waals surface area contributed by atoms with Crippen LogP contribution in [0, 0.1) is 20.8 Å². The van der Waals surface area contributed by atoms with Crippen molar-refractivity contribution in [1.82, 2.24) is 44.1 Å². The van der Waals surface area contributed by atoms with E-state index >= 15 is 0 Å². The number of hydrogen-bond acceptors (Lipinski definition) is 9. The fourth-order valence-corrected chi connectivity index (χ4v) is 6.08. The lowest BCUT2D eigenvalue weighted by atomic mass is 10.1. The van der Waals surface area contributed by atoms with Crippen LogP contribution in [0.2, 0.25) is 0 Å². The maximum absolute atomic E-state index is 13.1. The molecule has 0 saturated carbocycles. The maximum Gasteiger partial charge on any atom is 0.264 e. The van der Waals surface area contributed by atoms with Crippen LogP contribution in [-0.2, 0) is 32.6 Å². The van der Waals surface area contributed by atoms with E-state index in [1.54, 1.807) is 21.3 Å². The second-order valence-electron chi connectivity index (χ2n) is 10.2. The van der Waals surface area contributed by atoms with Crippen LogP contribution in [0.25, 0.3) is 11.5 Å². The number of aryl methyl sites for hydroxylation is 2. The molecule has 0 aliphatic carbocycles. The number of nitrogens with one attached hydrogen (secondary N) is 1. The van der Waals surface area contributed by atoms with Crippen molar-refractivity contribution in [2.24, 2.45) is 0 Å². The summed E-state index contributed by atoms with van der Waals surface area (Å²) in [6.45, 7) is 10.3. The molecule has 0 radical (unpaired) electrons. The Labute approximate surface area is 238 Å². The molecule has 14 heteroatoms. The number of rotatable bonds is 8. The standard InChI is InChI=1S/C27H33N9O4S/c1-18-24(19(2)35(30-18)26-11-10-25-29-28-20(3)36(25)31-26)9-12-27(38)34-15-13-33(14-16-34)17-22-5-7-23(8-6-22)41(39,40)32-21(4)37/h5-8,10-11H,9,12-17H2,1-4H3,(H,32,37). The average Bonchev–Trinajstić information content (AvgIpc) is 3.45. The van der Waals surface area contributed by atoms with Gasteiger partial charge in [0.25, 0.3) is 10.0 Å². The average molecular weight is 580 g/mol. The molecule has 1 aliphatic rings. The Morgan fingerprint density at radius 1 is 0.927 bits per heavy atom. The van der Waals surface area contributed by atoms with Crippen LogP contribution in [0.15, 0.2) is 41.3 Å². The molecular formula is C27H33N9O4S. The van der Waals surface area contributed by atoms with Crippen LogP contribution in [0.3, 0.4) is 0 Å². The molecule has 1 fully saturated rings. The predicted octanol–water partition coefficient (Wildman–Crippen LogP) is 1.34. The van der Waals surface area contributed by atoms with Gasteiger partial charge in [-0.05, 0) is 62.6 Å². The minimum atomic E-state index is -3.85. The van der Waals surface area contributed by atoms with Crippen LogP contribution in [0.1, 0.15) is 41.7 Å². The van der Waals surface area contributed by atoms with Crippen molar-refractivity contribution in [2.45, 2.75) is 52.0 Å². The smallest absolute Gasteiger partial charge is 0.264 e. The fourth-order valence-electron chi connectivity index (χ4n) is 5.09. The molecule has 1 aromatic carbocycles. The van der Waals surface area contributed by atoms with Gasteiger partial charge in [0.2, 0.25) is 11.8 Å². The van der Waals surface area contributed by atoms with E-state index in [0.29, 0.717) is 49.8 Å². The van der Waals surface area contributed by atoms with Gasteiger partial charge in [0.15, 0.2) is 17.3 Å². The van der Waals surface area contributed by atoms with Crippen molar-refractivity contribution < 1.29 is 18.0 Å². The summed E-state index contributed by atoms with van der Waals surface area (Å²) >= 11 is 0. The molecule has 1 saturated heterocycles. The van der Waals surface area contributed by atoms with Gasteiger partial charge in [-0.1, -0.05) is 12.1 Å². The number of carbonyl (C=O) groups is 2. The van der Waals surface area contributed by atoms with Crippen LogP contribution in [0.4, 0.5) is 0 Å². The molecule has 3 aromatic heterocycles. The molecule has 13 nitrogen and oxygen atoms in total. The Kier molecular flexibility index (Phi) is 7.87. The maximum atomic E-state index is 13.1. The number of aromatic nitrogens is 6. The predicted molar refractivity (Wildman–Crippen MR) is 150 cm³/mol. The second kappa shape index (κ2) is 11.4. The molecule has 216 valence electrons. The van der Waals surface area contributed by atoms with E-state index in [0.717, 1.165) is 42.5 Å². The summed E-state index contributed by atoms with van der Waals surface area (Å²) in [6.07, 6.45) is 0.993. The van der Waals surface area contributed by atoms with Gasteiger partial charge in [0, 0.05) is 51.8 Å². The fraction of sp³-hybridized carbons (Fsp3) is 0.407. The molecule has 2 amide bonds. The summed E-state index contributed by atoms with van der Waals surface area (Å²) < 4.78 is 29.7. The van der Waals surface area contributed by atoms with E-state index in [1.165, 1.54) is 12.1 Å². The van der Waals surface area contributed by atoms with Crippen molar-refractivity contribution >= 4 is 27.5 Å². The van der Waals surface area contributed by atoms with Gasteiger partial charge in [-0.25, -0.2) is 17.8 Å². The van der Waals surface area contributed by atoms with Gasteiger partial charge in [0.05, 0.1) is 10.6 Å². The van der Waals surface area contributed by atoms with E-state index in [-0.39, 0.29) is 10.8 Å². The van der Waals surface area contributed by atoms with Crippen LogP contribution >= 0.6 is 0 Å². The number of nitrogens with zero attached hydrogens (tertiary/aromatic N) is 8. The third kappa shape index (κ3) is 6.12. The summed E-state index contributed by atoms with van der Waals surface area (Å²) in [7, 11) is -3.85. The van der Waals surface area contributed by atoms with Crippen molar-refractivity contribution in [2.75, 3.05) is 26.2 Å². The number of sulfonamides is 1. The molecule has 0 spiro atoms. The van der Waals surface area contributed by atoms with Gasteiger partial charge in [0.1, 0.15) is 0 Å². The molecule has 0 unspecified atom stereocenters. The van der Waals surface area contributed by atoms with Crippen molar-refractivity contribution in [3.8, 4) is 5.82 Å². The summed E-state index contributed by atoms with van der Waals surface area (Å²) in [4.78, 5) is 28.4. The molecule has 4 aromatic rings. The summed E-state index contributed by atoms with van der Waals surface area (Å²) in [5.41, 5.74) is 4.50. The Morgan fingerprint density at radius 2 is 1.63 bits per heavy atom. The highest BCUT2D eigenvalue weighted by atomic mass is 32.2. The molecule has 41 heavy (non-hydrogen) atoms. The lowest BCUT2D eigenvalue weighted by molar-refractivity contribution is -0.133. The number of hydrogen-bond donors (Lipinski definition) is 1. The summed E-state index contributed by atoms with van der Waals surface area (Å²) in [5, 5.41) is 17.4. The lowest BCUT2D eigenvalue weighted by Gasteiger charge is -2.35. The molecule has 0 bridgehead atoms. The van der Waals surface area contributed by atoms with E-state index in [2.05, 4.69) is 25.3 Å². The lowest BCUT2D eigenvalue weighted by Crippen LogP contribution is -2.48. The number of fused-ring (bicyclic) bond motifs is 1. The highest BCUT2D eigenvalue weighted by Gasteiger charge is 2.23. The Morgan fingerprint density at radius 3 is 2.32 bits per heavy atom. The first-order valence-electron chi connectivity index (χ1n) is 13.4. The highest BCUT2D eigenvalue weighted by Crippen LogP contribution is 2.20. The first-order chi connectivity index (χ1) is 19.5. The Bertz CT molecular complexity index is 1700. The van der Waals surface area contributed by atoms with E-state index in [1.807, 2.05) is 42.5 Å². The van der Waals surface area contributed by atoms with Crippen LogP contribution in [0.5, 0.6) is 0 Å². The molecule has 0 atom stereocenters. The van der Waals surface area contributed by atoms with Gasteiger partial charge in [-0.2, -0.15) is 9.61 Å². The molecule has 5 rings (SSSR count). The zero-order chi connectivity index (χ0) is 29.3. The largest absolute Gasteiger partial charge is 0.340 e. The zero-order valence-electron chi connectivity index (χ0n) is 23.5. The molecule has 4 heterocycles. The quantitative estimate of drug-likeness (QED) is 0.326. The Hall–Kier alpha value is -4.17. The summed E-state index contributed by atoms with van der Waals surface area (Å²) in [6, 6.07) is 10.2. The minimum Gasteiger partial charge on any atom is -0.340 e. The van der Waals surface area contributed by atoms with Gasteiger partial charge in [-0.3, -0.25) is 14.5 Å². The van der Waals surface area contributed by atoms with Crippen LogP contribution < -0.4 is 4.72 Å². The normalized spacial score (nSPS) is 14.5. The highest BCUT2D eigenvalue weighted by molar-refractivity contribution is 7.90. The SMILES string of the molecule is CC(=O)NS(=O)(=O)c1ccc(CN2CCN(C(=O)CCc3c(C)nn(-c4ccc5nnc(C)n5n4)c3C)CC2)cc1. The minimum absolute atomic E-state index is 0.0470. The van der Waals surface area contributed by atoms with E-state index in [4.69, 9.17) is 0 Å². The first-order valence-corrected chi connectivity index (χ1v) is 14.9. The van der Waals surface area contributed by atoms with Gasteiger partial charge >= 0.3 is 0 Å². The topological polar surface area (TPSA) is 148 Å². The third-order valence-corrected chi connectivity index (χ3v) is 8.74. The van der Waals surface area contributed by atoms with Gasteiger partial charge in [-0.15, -0.1) is 15.3 Å². The number of benzene rings is 1. The van der Waals surface area contributed by atoms with E-state index in [9.17, 15) is 18.0 Å². The number of amides is 2. The monoisotopic (exact) mass is 579 g/mol. The third-order valence-electron chi connectivity index (χ3n) is 7.29.